The molecule has 0 heterocycles. The van der Waals surface area contributed by atoms with Crippen molar-refractivity contribution in [1.29, 1.82) is 0 Å². The van der Waals surface area contributed by atoms with Crippen molar-refractivity contribution in [3.05, 3.63) is 0 Å². The van der Waals surface area contributed by atoms with Gasteiger partial charge in [-0.1, -0.05) is 239 Å². The number of hydrogen-bond acceptors (Lipinski definition) is 3. The van der Waals surface area contributed by atoms with E-state index in [-0.39, 0.29) is 12.5 Å². The molecule has 0 saturated heterocycles. The third-order valence-electron chi connectivity index (χ3n) is 10.6. The van der Waals surface area contributed by atoms with Gasteiger partial charge in [0, 0.05) is 6.42 Å². The highest BCUT2D eigenvalue weighted by molar-refractivity contribution is 5.76. The second-order valence-electron chi connectivity index (χ2n) is 15.5. The zero-order valence-electron chi connectivity index (χ0n) is 33.0. The van der Waals surface area contributed by atoms with Crippen LogP contribution in [0.5, 0.6) is 0 Å². The molecule has 2 atom stereocenters. The van der Waals surface area contributed by atoms with Crippen molar-refractivity contribution in [2.24, 2.45) is 0 Å². The molecule has 288 valence electrons. The largest absolute Gasteiger partial charge is 0.394 e. The maximum absolute atomic E-state index is 12.4. The summed E-state index contributed by atoms with van der Waals surface area (Å²) in [6.07, 6.45) is 48.9. The molecule has 0 aliphatic rings. The van der Waals surface area contributed by atoms with E-state index in [9.17, 15) is 15.0 Å². The van der Waals surface area contributed by atoms with Crippen LogP contribution in [0.4, 0.5) is 0 Å². The predicted molar refractivity (Wildman–Crippen MR) is 212 cm³/mol. The first-order valence-corrected chi connectivity index (χ1v) is 22.2. The Hall–Kier alpha value is -0.610. The Kier molecular flexibility index (Phi) is 40.3. The number of unbranched alkanes of at least 4 members (excludes halogenated alkanes) is 34. The van der Waals surface area contributed by atoms with Crippen molar-refractivity contribution in [3.63, 3.8) is 0 Å². The molecule has 0 spiro atoms. The van der Waals surface area contributed by atoms with Crippen LogP contribution in [0.25, 0.3) is 0 Å². The molecule has 0 aromatic rings. The minimum atomic E-state index is -0.652. The van der Waals surface area contributed by atoms with Crippen molar-refractivity contribution in [2.75, 3.05) is 6.61 Å². The molecule has 0 fully saturated rings. The number of aliphatic hydroxyl groups excluding tert-OH is 2. The lowest BCUT2D eigenvalue weighted by molar-refractivity contribution is -0.123. The van der Waals surface area contributed by atoms with Crippen LogP contribution in [0, 0.1) is 0 Å². The number of rotatable bonds is 41. The van der Waals surface area contributed by atoms with Crippen molar-refractivity contribution < 1.29 is 15.0 Å². The van der Waals surface area contributed by atoms with Crippen LogP contribution in [-0.4, -0.2) is 34.9 Å². The quantitative estimate of drug-likeness (QED) is 0.0563. The molecule has 0 aromatic heterocycles. The number of nitrogens with one attached hydrogen (secondary N) is 1. The lowest BCUT2D eigenvalue weighted by atomic mass is 10.0. The maximum atomic E-state index is 12.4. The fourth-order valence-corrected chi connectivity index (χ4v) is 7.19. The van der Waals surface area contributed by atoms with Gasteiger partial charge in [-0.3, -0.25) is 4.79 Å². The lowest BCUT2D eigenvalue weighted by Crippen LogP contribution is -2.45. The van der Waals surface area contributed by atoms with Gasteiger partial charge in [-0.25, -0.2) is 0 Å². The van der Waals surface area contributed by atoms with Crippen LogP contribution in [0.2, 0.25) is 0 Å². The van der Waals surface area contributed by atoms with Gasteiger partial charge in [-0.15, -0.1) is 0 Å². The Bertz CT molecular complexity index is 612. The third kappa shape index (κ3) is 36.7. The van der Waals surface area contributed by atoms with Crippen LogP contribution in [0.15, 0.2) is 0 Å². The van der Waals surface area contributed by atoms with E-state index >= 15 is 0 Å². The number of carbonyl (C=O) groups is 1. The van der Waals surface area contributed by atoms with Gasteiger partial charge in [0.15, 0.2) is 0 Å². The molecule has 1 amide bonds. The van der Waals surface area contributed by atoms with E-state index in [0.29, 0.717) is 12.8 Å². The van der Waals surface area contributed by atoms with Gasteiger partial charge in [0.1, 0.15) is 0 Å². The minimum absolute atomic E-state index is 0.0255. The summed E-state index contributed by atoms with van der Waals surface area (Å²) in [4.78, 5) is 12.4. The highest BCUT2D eigenvalue weighted by Crippen LogP contribution is 2.17. The molecule has 4 heteroatoms. The molecular formula is C44H89NO3. The van der Waals surface area contributed by atoms with Crippen molar-refractivity contribution in [1.82, 2.24) is 5.32 Å². The van der Waals surface area contributed by atoms with Gasteiger partial charge in [-0.05, 0) is 12.8 Å². The normalized spacial score (nSPS) is 12.8. The van der Waals surface area contributed by atoms with Crippen LogP contribution in [-0.2, 0) is 4.79 Å². The smallest absolute Gasteiger partial charge is 0.220 e. The zero-order valence-corrected chi connectivity index (χ0v) is 33.0. The fraction of sp³-hybridized carbons (Fsp3) is 0.977. The monoisotopic (exact) mass is 680 g/mol. The first-order valence-electron chi connectivity index (χ1n) is 22.2. The van der Waals surface area contributed by atoms with Crippen LogP contribution >= 0.6 is 0 Å². The van der Waals surface area contributed by atoms with E-state index in [0.717, 1.165) is 25.7 Å². The first-order chi connectivity index (χ1) is 23.7. The molecule has 48 heavy (non-hydrogen) atoms. The molecule has 0 bridgehead atoms. The summed E-state index contributed by atoms with van der Waals surface area (Å²) in [5.41, 5.74) is 0. The molecule has 0 aromatic carbocycles. The Morgan fingerprint density at radius 3 is 0.938 bits per heavy atom. The highest BCUT2D eigenvalue weighted by Gasteiger charge is 2.20. The molecule has 0 rings (SSSR count). The molecule has 2 unspecified atom stereocenters. The van der Waals surface area contributed by atoms with E-state index in [1.54, 1.807) is 0 Å². The Balaban J connectivity index is 3.46. The first kappa shape index (κ1) is 47.4. The topological polar surface area (TPSA) is 69.6 Å². The summed E-state index contributed by atoms with van der Waals surface area (Å²) < 4.78 is 0. The van der Waals surface area contributed by atoms with Crippen molar-refractivity contribution >= 4 is 5.91 Å². The van der Waals surface area contributed by atoms with E-state index in [1.807, 2.05) is 0 Å². The van der Waals surface area contributed by atoms with E-state index in [4.69, 9.17) is 0 Å². The Morgan fingerprint density at radius 2 is 0.667 bits per heavy atom. The summed E-state index contributed by atoms with van der Waals surface area (Å²) in [6.45, 7) is 4.38. The molecule has 3 N–H and O–H groups in total. The molecule has 0 saturated carbocycles. The van der Waals surface area contributed by atoms with Crippen LogP contribution < -0.4 is 5.32 Å². The second-order valence-corrected chi connectivity index (χ2v) is 15.5. The number of amides is 1. The molecule has 0 aliphatic heterocycles. The summed E-state index contributed by atoms with van der Waals surface area (Å²) in [7, 11) is 0. The van der Waals surface area contributed by atoms with Gasteiger partial charge in [0.25, 0.3) is 0 Å². The van der Waals surface area contributed by atoms with Crippen LogP contribution in [0.1, 0.15) is 258 Å². The van der Waals surface area contributed by atoms with Gasteiger partial charge in [-0.2, -0.15) is 0 Å². The maximum Gasteiger partial charge on any atom is 0.220 e. The molecule has 4 nitrogen and oxygen atoms in total. The summed E-state index contributed by atoms with van der Waals surface area (Å²) in [6, 6.07) is -0.529. The summed E-state index contributed by atoms with van der Waals surface area (Å²) in [5.74, 6) is -0.0255. The van der Waals surface area contributed by atoms with Gasteiger partial charge < -0.3 is 15.5 Å². The minimum Gasteiger partial charge on any atom is -0.394 e. The lowest BCUT2D eigenvalue weighted by Gasteiger charge is -2.22. The average Bonchev–Trinajstić information content (AvgIpc) is 3.09. The van der Waals surface area contributed by atoms with Gasteiger partial charge >= 0.3 is 0 Å². The van der Waals surface area contributed by atoms with Crippen molar-refractivity contribution in [2.45, 2.75) is 270 Å². The number of aliphatic hydroxyl groups is 2. The number of hydrogen-bond donors (Lipinski definition) is 3. The molecular weight excluding hydrogens is 590 g/mol. The van der Waals surface area contributed by atoms with E-state index in [2.05, 4.69) is 19.2 Å². The Morgan fingerprint density at radius 1 is 0.417 bits per heavy atom. The standard InChI is InChI=1S/C44H89NO3/c1-3-5-7-9-11-13-15-17-19-21-22-23-24-26-28-30-32-34-36-38-40-44(48)45-42(41-46)43(47)39-37-35-33-31-29-27-25-20-18-16-14-12-10-8-6-4-2/h42-43,46-47H,3-41H2,1-2H3,(H,45,48). The zero-order chi connectivity index (χ0) is 35.0. The average molecular weight is 680 g/mol. The van der Waals surface area contributed by atoms with Gasteiger partial charge in [0.2, 0.25) is 5.91 Å². The number of carbonyl (C=O) groups excluding carboxylic acids is 1. The SMILES string of the molecule is CCCCCCCCCCCCCCCCCCCCCCC(=O)NC(CO)C(O)CCCCCCCCCCCCCCCCCC. The fourth-order valence-electron chi connectivity index (χ4n) is 7.19. The van der Waals surface area contributed by atoms with E-state index < -0.39 is 12.1 Å². The second kappa shape index (κ2) is 40.8. The summed E-state index contributed by atoms with van der Waals surface area (Å²) in [5, 5.41) is 23.2. The summed E-state index contributed by atoms with van der Waals surface area (Å²) >= 11 is 0. The highest BCUT2D eigenvalue weighted by atomic mass is 16.3. The molecule has 0 aliphatic carbocycles. The van der Waals surface area contributed by atoms with Crippen LogP contribution in [0.3, 0.4) is 0 Å². The Labute approximate surface area is 302 Å². The predicted octanol–water partition coefficient (Wildman–Crippen LogP) is 13.7. The van der Waals surface area contributed by atoms with Gasteiger partial charge in [0.05, 0.1) is 18.8 Å². The third-order valence-corrected chi connectivity index (χ3v) is 10.6. The van der Waals surface area contributed by atoms with E-state index in [1.165, 1.54) is 205 Å². The molecule has 0 radical (unpaired) electrons. The van der Waals surface area contributed by atoms with Crippen molar-refractivity contribution in [3.8, 4) is 0 Å².